The second-order valence-corrected chi connectivity index (χ2v) is 6.48. The summed E-state index contributed by atoms with van der Waals surface area (Å²) in [5.74, 6) is -0.669. The number of ether oxygens (including phenoxy) is 1. The van der Waals surface area contributed by atoms with Gasteiger partial charge in [-0.3, -0.25) is 4.79 Å². The van der Waals surface area contributed by atoms with Crippen LogP contribution in [-0.4, -0.2) is 23.1 Å². The van der Waals surface area contributed by atoms with Crippen LogP contribution in [0.25, 0.3) is 10.2 Å². The molecule has 132 valence electrons. The van der Waals surface area contributed by atoms with Crippen molar-refractivity contribution in [2.24, 2.45) is 4.99 Å². The molecule has 3 rings (SSSR count). The van der Waals surface area contributed by atoms with Gasteiger partial charge in [-0.15, -0.1) is 6.58 Å². The first kappa shape index (κ1) is 17.8. The molecular weight excluding hydrogens is 348 g/mol. The Morgan fingerprint density at radius 1 is 1.19 bits per heavy atom. The van der Waals surface area contributed by atoms with Gasteiger partial charge >= 0.3 is 5.97 Å². The van der Waals surface area contributed by atoms with Crippen LogP contribution in [0.2, 0.25) is 0 Å². The Balaban J connectivity index is 2.10. The number of carbonyl (C=O) groups is 2. The molecule has 0 unspecified atom stereocenters. The van der Waals surface area contributed by atoms with Gasteiger partial charge in [0.15, 0.2) is 4.80 Å². The zero-order chi connectivity index (χ0) is 18.5. The molecule has 0 saturated carbocycles. The van der Waals surface area contributed by atoms with Gasteiger partial charge in [-0.1, -0.05) is 35.6 Å². The third kappa shape index (κ3) is 3.65. The minimum Gasteiger partial charge on any atom is -0.462 e. The summed E-state index contributed by atoms with van der Waals surface area (Å²) >= 11 is 1.36. The van der Waals surface area contributed by atoms with Crippen molar-refractivity contribution in [1.82, 2.24) is 4.57 Å². The van der Waals surface area contributed by atoms with E-state index in [0.717, 1.165) is 10.2 Å². The smallest absolute Gasteiger partial charge is 0.338 e. The number of nitrogens with zero attached hydrogens (tertiary/aromatic N) is 2. The number of rotatable bonds is 5. The zero-order valence-electron chi connectivity index (χ0n) is 14.3. The summed E-state index contributed by atoms with van der Waals surface area (Å²) in [6.45, 7) is 6.38. The lowest BCUT2D eigenvalue weighted by molar-refractivity contribution is 0.0526. The van der Waals surface area contributed by atoms with Gasteiger partial charge in [-0.05, 0) is 37.3 Å². The van der Waals surface area contributed by atoms with Crippen LogP contribution < -0.4 is 4.80 Å². The molecule has 1 heterocycles. The number of allylic oxidation sites excluding steroid dienone is 1. The van der Waals surface area contributed by atoms with Crippen molar-refractivity contribution >= 4 is 33.4 Å². The van der Waals surface area contributed by atoms with E-state index in [9.17, 15) is 9.59 Å². The molecule has 0 atom stereocenters. The normalized spacial score (nSPS) is 11.5. The molecule has 0 radical (unpaired) electrons. The fourth-order valence-electron chi connectivity index (χ4n) is 2.54. The van der Waals surface area contributed by atoms with Gasteiger partial charge in [-0.25, -0.2) is 4.79 Å². The Kier molecular flexibility index (Phi) is 5.43. The molecule has 0 fully saturated rings. The Hall–Kier alpha value is -2.99. The molecule has 6 heteroatoms. The van der Waals surface area contributed by atoms with Crippen molar-refractivity contribution in [1.29, 1.82) is 0 Å². The molecule has 1 aromatic heterocycles. The zero-order valence-corrected chi connectivity index (χ0v) is 15.2. The van der Waals surface area contributed by atoms with Crippen molar-refractivity contribution in [3.05, 3.63) is 77.1 Å². The van der Waals surface area contributed by atoms with E-state index >= 15 is 0 Å². The fourth-order valence-corrected chi connectivity index (χ4v) is 3.61. The van der Waals surface area contributed by atoms with E-state index in [0.29, 0.717) is 29.1 Å². The Morgan fingerprint density at radius 2 is 1.96 bits per heavy atom. The van der Waals surface area contributed by atoms with E-state index in [1.807, 2.05) is 16.7 Å². The summed E-state index contributed by atoms with van der Waals surface area (Å²) < 4.78 is 7.81. The lowest BCUT2D eigenvalue weighted by Gasteiger charge is -2.03. The summed E-state index contributed by atoms with van der Waals surface area (Å²) in [5.41, 5.74) is 1.90. The highest BCUT2D eigenvalue weighted by Gasteiger charge is 2.12. The minimum atomic E-state index is -0.364. The Morgan fingerprint density at radius 3 is 2.65 bits per heavy atom. The van der Waals surface area contributed by atoms with Crippen LogP contribution in [0.4, 0.5) is 0 Å². The Labute approximate surface area is 154 Å². The van der Waals surface area contributed by atoms with Crippen LogP contribution in [0.3, 0.4) is 0 Å². The molecular formula is C20H18N2O3S. The molecule has 0 spiro atoms. The first-order chi connectivity index (χ1) is 12.6. The van der Waals surface area contributed by atoms with Crippen molar-refractivity contribution in [3.63, 3.8) is 0 Å². The predicted octanol–water partition coefficient (Wildman–Crippen LogP) is 3.81. The minimum absolute atomic E-state index is 0.305. The average molecular weight is 366 g/mol. The number of aromatic nitrogens is 1. The summed E-state index contributed by atoms with van der Waals surface area (Å²) in [7, 11) is 0. The third-order valence-electron chi connectivity index (χ3n) is 3.72. The molecule has 5 nitrogen and oxygen atoms in total. The predicted molar refractivity (Wildman–Crippen MR) is 102 cm³/mol. The van der Waals surface area contributed by atoms with Crippen LogP contribution in [0.15, 0.2) is 66.2 Å². The number of hydrogen-bond donors (Lipinski definition) is 0. The highest BCUT2D eigenvalue weighted by molar-refractivity contribution is 7.16. The topological polar surface area (TPSA) is 60.7 Å². The molecule has 0 aliphatic carbocycles. The number of thiazole rings is 1. The maximum atomic E-state index is 12.4. The molecule has 0 N–H and O–H groups in total. The summed E-state index contributed by atoms with van der Waals surface area (Å²) in [4.78, 5) is 29.2. The van der Waals surface area contributed by atoms with Crippen molar-refractivity contribution in [2.45, 2.75) is 13.5 Å². The number of hydrogen-bond acceptors (Lipinski definition) is 4. The monoisotopic (exact) mass is 366 g/mol. The van der Waals surface area contributed by atoms with Crippen molar-refractivity contribution in [2.75, 3.05) is 6.61 Å². The number of carbonyl (C=O) groups excluding carboxylic acids is 2. The second kappa shape index (κ2) is 7.93. The van der Waals surface area contributed by atoms with E-state index in [1.165, 1.54) is 11.3 Å². The first-order valence-corrected chi connectivity index (χ1v) is 9.01. The van der Waals surface area contributed by atoms with E-state index in [2.05, 4.69) is 11.6 Å². The van der Waals surface area contributed by atoms with E-state index in [-0.39, 0.29) is 11.9 Å². The number of esters is 1. The SMILES string of the molecule is C=CCn1c(=NC(=O)c2ccccc2)sc2cc(C(=O)OCC)ccc21. The van der Waals surface area contributed by atoms with E-state index in [4.69, 9.17) is 4.74 Å². The lowest BCUT2D eigenvalue weighted by Crippen LogP contribution is -2.16. The van der Waals surface area contributed by atoms with Crippen molar-refractivity contribution < 1.29 is 14.3 Å². The highest BCUT2D eigenvalue weighted by Crippen LogP contribution is 2.20. The standard InChI is InChI=1S/C20H18N2O3S/c1-3-12-22-16-11-10-15(19(24)25-4-2)13-17(16)26-20(22)21-18(23)14-8-6-5-7-9-14/h3,5-11,13H,1,4,12H2,2H3. The average Bonchev–Trinajstić information content (AvgIpc) is 2.99. The molecule has 0 saturated heterocycles. The largest absolute Gasteiger partial charge is 0.462 e. The molecule has 1 amide bonds. The third-order valence-corrected chi connectivity index (χ3v) is 4.76. The quantitative estimate of drug-likeness (QED) is 0.510. The van der Waals surface area contributed by atoms with Gasteiger partial charge in [-0.2, -0.15) is 4.99 Å². The molecule has 26 heavy (non-hydrogen) atoms. The van der Waals surface area contributed by atoms with Gasteiger partial charge in [0.2, 0.25) is 0 Å². The van der Waals surface area contributed by atoms with Crippen LogP contribution in [0, 0.1) is 0 Å². The summed E-state index contributed by atoms with van der Waals surface area (Å²) in [6.07, 6.45) is 1.75. The molecule has 0 aliphatic heterocycles. The van der Waals surface area contributed by atoms with E-state index in [1.54, 1.807) is 49.4 Å². The maximum absolute atomic E-state index is 12.4. The maximum Gasteiger partial charge on any atom is 0.338 e. The van der Waals surface area contributed by atoms with Gasteiger partial charge in [0.05, 0.1) is 22.4 Å². The van der Waals surface area contributed by atoms with Gasteiger partial charge in [0.1, 0.15) is 0 Å². The summed E-state index contributed by atoms with van der Waals surface area (Å²) in [5, 5.41) is 0. The highest BCUT2D eigenvalue weighted by atomic mass is 32.1. The fraction of sp³-hybridized carbons (Fsp3) is 0.150. The second-order valence-electron chi connectivity index (χ2n) is 5.47. The number of fused-ring (bicyclic) bond motifs is 1. The van der Waals surface area contributed by atoms with Gasteiger partial charge < -0.3 is 9.30 Å². The van der Waals surface area contributed by atoms with Crippen LogP contribution >= 0.6 is 11.3 Å². The summed E-state index contributed by atoms with van der Waals surface area (Å²) in [6, 6.07) is 14.2. The van der Waals surface area contributed by atoms with Crippen LogP contribution in [0.1, 0.15) is 27.6 Å². The van der Waals surface area contributed by atoms with Crippen LogP contribution in [0.5, 0.6) is 0 Å². The molecule has 3 aromatic rings. The number of amides is 1. The lowest BCUT2D eigenvalue weighted by atomic mass is 10.2. The van der Waals surface area contributed by atoms with Crippen molar-refractivity contribution in [3.8, 4) is 0 Å². The van der Waals surface area contributed by atoms with Gasteiger partial charge in [0, 0.05) is 12.1 Å². The molecule has 2 aromatic carbocycles. The first-order valence-electron chi connectivity index (χ1n) is 8.19. The van der Waals surface area contributed by atoms with Crippen LogP contribution in [-0.2, 0) is 11.3 Å². The number of benzene rings is 2. The molecule has 0 aliphatic rings. The van der Waals surface area contributed by atoms with E-state index < -0.39 is 0 Å². The Bertz CT molecular complexity index is 1030. The molecule has 0 bridgehead atoms. The van der Waals surface area contributed by atoms with Gasteiger partial charge in [0.25, 0.3) is 5.91 Å².